The van der Waals surface area contributed by atoms with Crippen molar-refractivity contribution in [2.75, 3.05) is 14.1 Å². The van der Waals surface area contributed by atoms with Gasteiger partial charge in [-0.1, -0.05) is 6.92 Å². The van der Waals surface area contributed by atoms with Crippen molar-refractivity contribution in [3.05, 3.63) is 0 Å². The number of hydrogen-bond acceptors (Lipinski definition) is 3. The lowest BCUT2D eigenvalue weighted by molar-refractivity contribution is 0.282. The van der Waals surface area contributed by atoms with E-state index in [1.165, 1.54) is 14.1 Å². The van der Waals surface area contributed by atoms with Crippen LogP contribution in [0.4, 0.5) is 0 Å². The average molecular weight is 262 g/mol. The smallest absolute Gasteiger partial charge is 0.279 e. The number of nitrogens with two attached hydrogens (primary N) is 1. The lowest BCUT2D eigenvalue weighted by Gasteiger charge is -2.39. The van der Waals surface area contributed by atoms with Gasteiger partial charge in [-0.05, 0) is 31.6 Å². The Morgan fingerprint density at radius 2 is 1.88 bits per heavy atom. The molecule has 0 atom stereocenters. The molecule has 4 N–H and O–H groups in total. The van der Waals surface area contributed by atoms with Gasteiger partial charge in [-0.2, -0.15) is 17.4 Å². The van der Waals surface area contributed by atoms with Crippen molar-refractivity contribution in [1.82, 2.24) is 9.03 Å². The van der Waals surface area contributed by atoms with E-state index in [4.69, 9.17) is 11.1 Å². The van der Waals surface area contributed by atoms with Crippen molar-refractivity contribution in [3.63, 3.8) is 0 Å². The van der Waals surface area contributed by atoms with Crippen LogP contribution in [0.5, 0.6) is 0 Å². The molecule has 0 radical (unpaired) electrons. The Morgan fingerprint density at radius 1 is 1.41 bits per heavy atom. The van der Waals surface area contributed by atoms with Gasteiger partial charge in [-0.15, -0.1) is 0 Å². The van der Waals surface area contributed by atoms with Crippen LogP contribution < -0.4 is 10.5 Å². The molecule has 6 nitrogen and oxygen atoms in total. The molecule has 0 aromatic heterocycles. The predicted molar refractivity (Wildman–Crippen MR) is 68.0 cm³/mol. The zero-order chi connectivity index (χ0) is 13.3. The third-order valence-electron chi connectivity index (χ3n) is 3.45. The van der Waals surface area contributed by atoms with E-state index in [1.807, 2.05) is 0 Å². The highest BCUT2D eigenvalue weighted by Crippen LogP contribution is 2.32. The van der Waals surface area contributed by atoms with Crippen LogP contribution in [0.25, 0.3) is 0 Å². The first-order chi connectivity index (χ1) is 7.69. The first kappa shape index (κ1) is 14.4. The summed E-state index contributed by atoms with van der Waals surface area (Å²) >= 11 is 0. The molecule has 0 heterocycles. The second-order valence-electron chi connectivity index (χ2n) is 5.07. The van der Waals surface area contributed by atoms with Gasteiger partial charge in [-0.25, -0.2) is 0 Å². The Labute approximate surface area is 103 Å². The normalized spacial score (nSPS) is 30.5. The third kappa shape index (κ3) is 3.17. The third-order valence-corrected chi connectivity index (χ3v) is 5.06. The Morgan fingerprint density at radius 3 is 2.24 bits per heavy atom. The molecule has 0 aliphatic heterocycles. The molecular weight excluding hydrogens is 240 g/mol. The van der Waals surface area contributed by atoms with Crippen LogP contribution in [-0.4, -0.2) is 38.2 Å². The summed E-state index contributed by atoms with van der Waals surface area (Å²) in [6.07, 6.45) is 2.96. The Kier molecular flexibility index (Phi) is 4.16. The summed E-state index contributed by atoms with van der Waals surface area (Å²) in [6, 6.07) is 0. The largest absolute Gasteiger partial charge is 0.386 e. The second-order valence-corrected chi connectivity index (χ2v) is 6.95. The molecule has 1 saturated carbocycles. The second kappa shape index (κ2) is 4.91. The number of nitrogens with zero attached hydrogens (tertiary/aromatic N) is 1. The molecule has 1 rings (SSSR count). The topological polar surface area (TPSA) is 99.3 Å². The Bertz CT molecular complexity index is 383. The van der Waals surface area contributed by atoms with Crippen LogP contribution >= 0.6 is 0 Å². The van der Waals surface area contributed by atoms with Gasteiger partial charge in [0.05, 0.1) is 5.54 Å². The van der Waals surface area contributed by atoms with Crippen molar-refractivity contribution in [2.24, 2.45) is 11.7 Å². The zero-order valence-electron chi connectivity index (χ0n) is 10.7. The number of rotatable bonds is 4. The fourth-order valence-corrected chi connectivity index (χ4v) is 3.01. The van der Waals surface area contributed by atoms with E-state index in [-0.39, 0.29) is 5.84 Å². The number of hydrogen-bond donors (Lipinski definition) is 3. The van der Waals surface area contributed by atoms with Crippen LogP contribution in [0.3, 0.4) is 0 Å². The molecule has 7 heteroatoms. The summed E-state index contributed by atoms with van der Waals surface area (Å²) in [6.45, 7) is 2.13. The molecule has 17 heavy (non-hydrogen) atoms. The maximum Gasteiger partial charge on any atom is 0.279 e. The van der Waals surface area contributed by atoms with Crippen LogP contribution in [0, 0.1) is 11.3 Å². The van der Waals surface area contributed by atoms with E-state index in [2.05, 4.69) is 11.6 Å². The molecule has 1 aliphatic rings. The Balaban J connectivity index is 2.92. The predicted octanol–water partition coefficient (Wildman–Crippen LogP) is 0.267. The molecule has 0 bridgehead atoms. The van der Waals surface area contributed by atoms with Crippen LogP contribution in [0.15, 0.2) is 0 Å². The van der Waals surface area contributed by atoms with Gasteiger partial charge in [0.2, 0.25) is 0 Å². The zero-order valence-corrected chi connectivity index (χ0v) is 11.5. The minimum Gasteiger partial charge on any atom is -0.386 e. The first-order valence-corrected chi connectivity index (χ1v) is 7.19. The molecule has 0 spiro atoms. The minimum atomic E-state index is -3.56. The van der Waals surface area contributed by atoms with E-state index in [0.717, 1.165) is 17.1 Å². The van der Waals surface area contributed by atoms with Crippen molar-refractivity contribution >= 4 is 16.0 Å². The van der Waals surface area contributed by atoms with E-state index < -0.39 is 15.7 Å². The van der Waals surface area contributed by atoms with E-state index in [1.54, 1.807) is 0 Å². The highest BCUT2D eigenvalue weighted by atomic mass is 32.2. The van der Waals surface area contributed by atoms with Crippen molar-refractivity contribution in [2.45, 2.75) is 38.1 Å². The molecule has 0 unspecified atom stereocenters. The molecule has 0 amide bonds. The summed E-state index contributed by atoms with van der Waals surface area (Å²) in [5, 5.41) is 7.66. The highest BCUT2D eigenvalue weighted by molar-refractivity contribution is 7.87. The summed E-state index contributed by atoms with van der Waals surface area (Å²) in [4.78, 5) is 0. The van der Waals surface area contributed by atoms with Gasteiger partial charge in [0.1, 0.15) is 5.84 Å². The fraction of sp³-hybridized carbons (Fsp3) is 0.900. The first-order valence-electron chi connectivity index (χ1n) is 5.75. The van der Waals surface area contributed by atoms with Crippen LogP contribution in [-0.2, 0) is 10.2 Å². The number of nitrogens with one attached hydrogen (secondary N) is 2. The Hall–Kier alpha value is -0.660. The minimum absolute atomic E-state index is 0.0881. The van der Waals surface area contributed by atoms with Crippen LogP contribution in [0.1, 0.15) is 32.6 Å². The van der Waals surface area contributed by atoms with Gasteiger partial charge < -0.3 is 5.73 Å². The molecule has 100 valence electrons. The van der Waals surface area contributed by atoms with Gasteiger partial charge in [0.25, 0.3) is 10.2 Å². The molecule has 1 fully saturated rings. The number of amidine groups is 1. The van der Waals surface area contributed by atoms with E-state index >= 15 is 0 Å². The average Bonchev–Trinajstić information content (AvgIpc) is 2.21. The van der Waals surface area contributed by atoms with Crippen molar-refractivity contribution in [1.29, 1.82) is 5.41 Å². The molecule has 0 aromatic carbocycles. The van der Waals surface area contributed by atoms with Gasteiger partial charge in [-0.3, -0.25) is 5.41 Å². The van der Waals surface area contributed by atoms with Crippen LogP contribution in [0.2, 0.25) is 0 Å². The summed E-state index contributed by atoms with van der Waals surface area (Å²) < 4.78 is 27.4. The van der Waals surface area contributed by atoms with E-state index in [9.17, 15) is 8.42 Å². The summed E-state index contributed by atoms with van der Waals surface area (Å²) in [5.41, 5.74) is 4.70. The standard InChI is InChI=1S/C10H22N4O2S/c1-8-4-6-10(7-5-8,9(11)12)13-17(15,16)14(2)3/h8,13H,4-7H2,1-3H3,(H3,11,12). The lowest BCUT2D eigenvalue weighted by Crippen LogP contribution is -2.60. The quantitative estimate of drug-likeness (QED) is 0.501. The van der Waals surface area contributed by atoms with Gasteiger partial charge in [0.15, 0.2) is 0 Å². The molecule has 1 aliphatic carbocycles. The SMILES string of the molecule is CC1CCC(NS(=O)(=O)N(C)C)(C(=N)N)CC1. The maximum atomic E-state index is 11.9. The molecule has 0 saturated heterocycles. The van der Waals surface area contributed by atoms with Gasteiger partial charge >= 0.3 is 0 Å². The van der Waals surface area contributed by atoms with E-state index in [0.29, 0.717) is 18.8 Å². The maximum absolute atomic E-state index is 11.9. The summed E-state index contributed by atoms with van der Waals surface area (Å²) in [7, 11) is -0.636. The van der Waals surface area contributed by atoms with Gasteiger partial charge in [0, 0.05) is 14.1 Å². The van der Waals surface area contributed by atoms with Crippen molar-refractivity contribution in [3.8, 4) is 0 Å². The molecule has 0 aromatic rings. The summed E-state index contributed by atoms with van der Waals surface area (Å²) in [5.74, 6) is 0.473. The van der Waals surface area contributed by atoms with Crippen molar-refractivity contribution < 1.29 is 8.42 Å². The lowest BCUT2D eigenvalue weighted by atomic mass is 9.77. The fourth-order valence-electron chi connectivity index (χ4n) is 2.02. The molecular formula is C10H22N4O2S. The highest BCUT2D eigenvalue weighted by Gasteiger charge is 2.41. The monoisotopic (exact) mass is 262 g/mol.